The highest BCUT2D eigenvalue weighted by atomic mass is 15.1. The molecule has 0 bridgehead atoms. The summed E-state index contributed by atoms with van der Waals surface area (Å²) in [5.74, 6) is 0. The first kappa shape index (κ1) is 10.3. The zero-order valence-electron chi connectivity index (χ0n) is 5.55. The molecule has 0 fully saturated rings. The van der Waals surface area contributed by atoms with Gasteiger partial charge in [0.05, 0.1) is 0 Å². The second kappa shape index (κ2) is 16.3. The lowest BCUT2D eigenvalue weighted by atomic mass is 10.8. The average molecular weight is 116 g/mol. The lowest BCUT2D eigenvalue weighted by molar-refractivity contribution is 1.02. The highest BCUT2D eigenvalue weighted by Gasteiger charge is 1.51. The van der Waals surface area contributed by atoms with Gasteiger partial charge in [0.15, 0.2) is 0 Å². The van der Waals surface area contributed by atoms with E-state index in [9.17, 15) is 0 Å². The predicted molar refractivity (Wildman–Crippen MR) is 34.7 cm³/mol. The van der Waals surface area contributed by atoms with Gasteiger partial charge >= 0.3 is 0 Å². The van der Waals surface area contributed by atoms with Crippen LogP contribution in [-0.2, 0) is 0 Å². The number of rotatable bonds is 1. The van der Waals surface area contributed by atoms with Crippen LogP contribution in [0.25, 0.3) is 10.4 Å². The molecule has 4 heteroatoms. The molecule has 0 aliphatic heterocycles. The summed E-state index contributed by atoms with van der Waals surface area (Å²) < 4.78 is 0. The number of azide groups is 1. The molecule has 0 aromatic heterocycles. The predicted octanol–water partition coefficient (Wildman–Crippen LogP) is 1.15. The van der Waals surface area contributed by atoms with E-state index in [4.69, 9.17) is 5.53 Å². The third-order valence-electron chi connectivity index (χ3n) is 0.205. The molecule has 0 aromatic carbocycles. The Balaban J connectivity index is 0. The number of hydrogen-bond donors (Lipinski definition) is 1. The Labute approximate surface area is 49.5 Å². The molecule has 0 spiro atoms. The molecule has 4 nitrogen and oxygen atoms in total. The maximum Gasteiger partial charge on any atom is 0.0229 e. The molecule has 0 heterocycles. The summed E-state index contributed by atoms with van der Waals surface area (Å²) in [6.07, 6.45) is 0. The minimum atomic E-state index is 0.552. The summed E-state index contributed by atoms with van der Waals surface area (Å²) in [6, 6.07) is 0. The molecule has 0 saturated heterocycles. The molecule has 48 valence electrons. The monoisotopic (exact) mass is 116 g/mol. The molecule has 0 aliphatic rings. The highest BCUT2D eigenvalue weighted by molar-refractivity contribution is 4.36. The van der Waals surface area contributed by atoms with E-state index in [1.54, 1.807) is 6.92 Å². The fourth-order valence-corrected chi connectivity index (χ4v) is 0.0632. The van der Waals surface area contributed by atoms with Crippen LogP contribution in [0.1, 0.15) is 6.92 Å². The second-order valence-corrected chi connectivity index (χ2v) is 1.05. The Morgan fingerprint density at radius 3 is 2.00 bits per heavy atom. The minimum Gasteiger partial charge on any atom is -0.323 e. The number of hydrogen-bond acceptors (Lipinski definition) is 2. The van der Waals surface area contributed by atoms with E-state index in [1.807, 2.05) is 14.1 Å². The van der Waals surface area contributed by atoms with Gasteiger partial charge in [-0.3, -0.25) is 0 Å². The van der Waals surface area contributed by atoms with E-state index in [0.29, 0.717) is 6.54 Å². The molecule has 0 aromatic rings. The minimum absolute atomic E-state index is 0.552. The molecule has 0 aliphatic carbocycles. The first-order valence-electron chi connectivity index (χ1n) is 2.42. The Morgan fingerprint density at radius 2 is 2.00 bits per heavy atom. The first-order chi connectivity index (χ1) is 3.83. The molecule has 1 N–H and O–H groups in total. The van der Waals surface area contributed by atoms with Gasteiger partial charge in [-0.1, -0.05) is 12.0 Å². The van der Waals surface area contributed by atoms with E-state index < -0.39 is 0 Å². The molecule has 0 radical (unpaired) electrons. The van der Waals surface area contributed by atoms with Crippen LogP contribution in [0.15, 0.2) is 5.11 Å². The van der Waals surface area contributed by atoms with E-state index in [0.717, 1.165) is 0 Å². The smallest absolute Gasteiger partial charge is 0.0229 e. The van der Waals surface area contributed by atoms with Crippen LogP contribution in [-0.4, -0.2) is 20.6 Å². The van der Waals surface area contributed by atoms with Gasteiger partial charge in [-0.15, -0.1) is 0 Å². The van der Waals surface area contributed by atoms with E-state index in [-0.39, 0.29) is 0 Å². The third kappa shape index (κ3) is 59.6. The Hall–Kier alpha value is -0.730. The van der Waals surface area contributed by atoms with Crippen LogP contribution in [0.2, 0.25) is 0 Å². The molecule has 0 saturated carbocycles. The van der Waals surface area contributed by atoms with Crippen molar-refractivity contribution in [3.05, 3.63) is 10.4 Å². The Morgan fingerprint density at radius 1 is 1.62 bits per heavy atom. The van der Waals surface area contributed by atoms with Crippen LogP contribution >= 0.6 is 0 Å². The van der Waals surface area contributed by atoms with Crippen molar-refractivity contribution in [1.82, 2.24) is 5.32 Å². The SMILES string of the molecule is CCN=[N+]=[N-].CNC. The van der Waals surface area contributed by atoms with Crippen molar-refractivity contribution in [2.45, 2.75) is 6.92 Å². The van der Waals surface area contributed by atoms with Crippen LogP contribution in [0.5, 0.6) is 0 Å². The quantitative estimate of drug-likeness (QED) is 0.312. The van der Waals surface area contributed by atoms with Crippen molar-refractivity contribution in [2.75, 3.05) is 20.6 Å². The first-order valence-corrected chi connectivity index (χ1v) is 2.42. The lowest BCUT2D eigenvalue weighted by Gasteiger charge is -1.59. The van der Waals surface area contributed by atoms with Gasteiger partial charge in [-0.25, -0.2) is 0 Å². The number of nitrogens with zero attached hydrogens (tertiary/aromatic N) is 3. The molecule has 8 heavy (non-hydrogen) atoms. The van der Waals surface area contributed by atoms with Gasteiger partial charge in [-0.2, -0.15) is 0 Å². The van der Waals surface area contributed by atoms with E-state index in [2.05, 4.69) is 15.3 Å². The zero-order valence-corrected chi connectivity index (χ0v) is 5.55. The zero-order chi connectivity index (χ0) is 6.83. The van der Waals surface area contributed by atoms with Crippen LogP contribution in [0.3, 0.4) is 0 Å². The molecular weight excluding hydrogens is 104 g/mol. The van der Waals surface area contributed by atoms with Crippen molar-refractivity contribution in [3.63, 3.8) is 0 Å². The van der Waals surface area contributed by atoms with Crippen molar-refractivity contribution < 1.29 is 0 Å². The van der Waals surface area contributed by atoms with E-state index >= 15 is 0 Å². The van der Waals surface area contributed by atoms with Gasteiger partial charge in [0.2, 0.25) is 0 Å². The highest BCUT2D eigenvalue weighted by Crippen LogP contribution is 1.61. The maximum atomic E-state index is 7.52. The van der Waals surface area contributed by atoms with Crippen LogP contribution in [0, 0.1) is 0 Å². The lowest BCUT2D eigenvalue weighted by Crippen LogP contribution is -1.89. The maximum absolute atomic E-state index is 7.52. The molecule has 0 unspecified atom stereocenters. The molecule has 0 rings (SSSR count). The Bertz CT molecular complexity index is 64.4. The third-order valence-corrected chi connectivity index (χ3v) is 0.205. The summed E-state index contributed by atoms with van der Waals surface area (Å²) in [7, 11) is 3.75. The van der Waals surface area contributed by atoms with Gasteiger partial charge in [0.1, 0.15) is 0 Å². The molecule has 0 atom stereocenters. The summed E-state index contributed by atoms with van der Waals surface area (Å²) in [5, 5.41) is 5.90. The van der Waals surface area contributed by atoms with Crippen molar-refractivity contribution in [3.8, 4) is 0 Å². The van der Waals surface area contributed by atoms with Crippen molar-refractivity contribution in [2.24, 2.45) is 5.11 Å². The summed E-state index contributed by atoms with van der Waals surface area (Å²) in [5.41, 5.74) is 7.52. The van der Waals surface area contributed by atoms with Crippen molar-refractivity contribution >= 4 is 0 Å². The average Bonchev–Trinajstić information content (AvgIpc) is 1.71. The molecule has 0 amide bonds. The number of nitrogens with one attached hydrogen (secondary N) is 1. The van der Waals surface area contributed by atoms with Gasteiger partial charge < -0.3 is 5.32 Å². The Kier molecular flexibility index (Phi) is 20.9. The summed E-state index contributed by atoms with van der Waals surface area (Å²) >= 11 is 0. The molecular formula is C4H12N4. The normalized spacial score (nSPS) is 5.88. The van der Waals surface area contributed by atoms with E-state index in [1.165, 1.54) is 0 Å². The largest absolute Gasteiger partial charge is 0.323 e. The van der Waals surface area contributed by atoms with Crippen LogP contribution < -0.4 is 5.32 Å². The summed E-state index contributed by atoms with van der Waals surface area (Å²) in [4.78, 5) is 2.48. The van der Waals surface area contributed by atoms with Gasteiger partial charge in [-0.05, 0) is 19.6 Å². The second-order valence-electron chi connectivity index (χ2n) is 1.05. The fraction of sp³-hybridized carbons (Fsp3) is 1.00. The van der Waals surface area contributed by atoms with Crippen molar-refractivity contribution in [1.29, 1.82) is 0 Å². The van der Waals surface area contributed by atoms with Gasteiger partial charge in [0.25, 0.3) is 0 Å². The topological polar surface area (TPSA) is 60.8 Å². The van der Waals surface area contributed by atoms with Gasteiger partial charge in [0, 0.05) is 11.5 Å². The standard InChI is InChI=1S/C2H5N3.C2H7N/c1-2-4-5-3;1-3-2/h2H2,1H3;3H,1-2H3. The fourth-order valence-electron chi connectivity index (χ4n) is 0.0632. The van der Waals surface area contributed by atoms with Crippen LogP contribution in [0.4, 0.5) is 0 Å². The summed E-state index contributed by atoms with van der Waals surface area (Å²) in [6.45, 7) is 2.34.